The lowest BCUT2D eigenvalue weighted by molar-refractivity contribution is -0.0498. The van der Waals surface area contributed by atoms with E-state index < -0.39 is 6.61 Å². The van der Waals surface area contributed by atoms with Crippen molar-refractivity contribution < 1.29 is 22.8 Å². The molecule has 6 nitrogen and oxygen atoms in total. The van der Waals surface area contributed by atoms with E-state index >= 15 is 0 Å². The van der Waals surface area contributed by atoms with Gasteiger partial charge in [0, 0.05) is 12.1 Å². The van der Waals surface area contributed by atoms with Gasteiger partial charge in [0.25, 0.3) is 5.89 Å². The minimum absolute atomic E-state index is 0.138. The molecule has 1 heterocycles. The van der Waals surface area contributed by atoms with Gasteiger partial charge < -0.3 is 14.0 Å². The molecular weight excluding hydrogens is 356 g/mol. The maximum atomic E-state index is 12.2. The third kappa shape index (κ3) is 5.24. The van der Waals surface area contributed by atoms with Gasteiger partial charge in [-0.05, 0) is 49.0 Å². The molecule has 0 saturated heterocycles. The van der Waals surface area contributed by atoms with Crippen LogP contribution in [0, 0.1) is 0 Å². The van der Waals surface area contributed by atoms with Crippen LogP contribution in [0.5, 0.6) is 11.5 Å². The number of methoxy groups -OCH3 is 1. The van der Waals surface area contributed by atoms with E-state index in [4.69, 9.17) is 9.26 Å². The molecule has 0 amide bonds. The van der Waals surface area contributed by atoms with E-state index in [1.807, 2.05) is 36.2 Å². The summed E-state index contributed by atoms with van der Waals surface area (Å²) in [5.41, 5.74) is 1.77. The first-order valence-corrected chi connectivity index (χ1v) is 8.23. The highest BCUT2D eigenvalue weighted by atomic mass is 19.3. The fraction of sp³-hybridized carbons (Fsp3) is 0.263. The van der Waals surface area contributed by atoms with Crippen molar-refractivity contribution in [3.05, 3.63) is 59.9 Å². The second kappa shape index (κ2) is 8.59. The first-order chi connectivity index (χ1) is 13.0. The maximum Gasteiger partial charge on any atom is 0.387 e. The van der Waals surface area contributed by atoms with Crippen LogP contribution in [-0.2, 0) is 13.1 Å². The Morgan fingerprint density at radius 2 is 1.67 bits per heavy atom. The van der Waals surface area contributed by atoms with Gasteiger partial charge in [-0.3, -0.25) is 4.90 Å². The van der Waals surface area contributed by atoms with Crippen molar-refractivity contribution in [2.75, 3.05) is 14.2 Å². The summed E-state index contributed by atoms with van der Waals surface area (Å²) in [6.07, 6.45) is 0. The molecule has 0 N–H and O–H groups in total. The van der Waals surface area contributed by atoms with Crippen LogP contribution >= 0.6 is 0 Å². The summed E-state index contributed by atoms with van der Waals surface area (Å²) in [5.74, 6) is 1.89. The van der Waals surface area contributed by atoms with Gasteiger partial charge in [0.1, 0.15) is 11.5 Å². The molecular formula is C19H19F2N3O3. The number of ether oxygens (including phenoxy) is 2. The monoisotopic (exact) mass is 375 g/mol. The van der Waals surface area contributed by atoms with Crippen molar-refractivity contribution in [1.29, 1.82) is 0 Å². The lowest BCUT2D eigenvalue weighted by Gasteiger charge is -2.14. The summed E-state index contributed by atoms with van der Waals surface area (Å²) in [5, 5.41) is 4.00. The van der Waals surface area contributed by atoms with Crippen LogP contribution in [-0.4, -0.2) is 35.8 Å². The van der Waals surface area contributed by atoms with Crippen molar-refractivity contribution in [2.24, 2.45) is 0 Å². The molecule has 142 valence electrons. The first-order valence-electron chi connectivity index (χ1n) is 8.23. The van der Waals surface area contributed by atoms with E-state index in [1.165, 1.54) is 12.1 Å². The van der Waals surface area contributed by atoms with Gasteiger partial charge in [-0.2, -0.15) is 13.8 Å². The Morgan fingerprint density at radius 3 is 2.30 bits per heavy atom. The Bertz CT molecular complexity index is 851. The molecule has 3 aromatic rings. The van der Waals surface area contributed by atoms with Crippen LogP contribution in [0.3, 0.4) is 0 Å². The van der Waals surface area contributed by atoms with E-state index in [1.54, 1.807) is 19.2 Å². The second-order valence-electron chi connectivity index (χ2n) is 5.94. The number of nitrogens with zero attached hydrogens (tertiary/aromatic N) is 3. The lowest BCUT2D eigenvalue weighted by Crippen LogP contribution is -2.18. The molecule has 0 spiro atoms. The fourth-order valence-corrected chi connectivity index (χ4v) is 2.55. The van der Waals surface area contributed by atoms with Gasteiger partial charge in [-0.25, -0.2) is 0 Å². The van der Waals surface area contributed by atoms with Gasteiger partial charge in [-0.1, -0.05) is 17.3 Å². The molecule has 0 radical (unpaired) electrons. The van der Waals surface area contributed by atoms with Gasteiger partial charge in [0.15, 0.2) is 5.82 Å². The van der Waals surface area contributed by atoms with E-state index in [-0.39, 0.29) is 5.75 Å². The Kier molecular flexibility index (Phi) is 5.97. The molecule has 0 aliphatic carbocycles. The van der Waals surface area contributed by atoms with Crippen molar-refractivity contribution >= 4 is 0 Å². The molecule has 0 unspecified atom stereocenters. The quantitative estimate of drug-likeness (QED) is 0.594. The predicted octanol–water partition coefficient (Wildman–Crippen LogP) is 3.98. The normalized spacial score (nSPS) is 11.2. The van der Waals surface area contributed by atoms with Gasteiger partial charge in [0.2, 0.25) is 0 Å². The first kappa shape index (κ1) is 18.8. The zero-order valence-corrected chi connectivity index (χ0v) is 14.9. The van der Waals surface area contributed by atoms with Gasteiger partial charge in [0.05, 0.1) is 13.7 Å². The van der Waals surface area contributed by atoms with Crippen LogP contribution in [0.15, 0.2) is 53.1 Å². The number of alkyl halides is 2. The zero-order chi connectivity index (χ0) is 19.2. The highest BCUT2D eigenvalue weighted by molar-refractivity contribution is 5.54. The number of halogens is 2. The van der Waals surface area contributed by atoms with Gasteiger partial charge in [-0.15, -0.1) is 0 Å². The van der Waals surface area contributed by atoms with Crippen molar-refractivity contribution in [1.82, 2.24) is 15.0 Å². The number of hydrogen-bond donors (Lipinski definition) is 0. The molecule has 0 bridgehead atoms. The van der Waals surface area contributed by atoms with E-state index in [9.17, 15) is 8.78 Å². The highest BCUT2D eigenvalue weighted by Gasteiger charge is 2.12. The fourth-order valence-electron chi connectivity index (χ4n) is 2.55. The molecule has 0 saturated carbocycles. The molecule has 2 aromatic carbocycles. The molecule has 0 aliphatic heterocycles. The minimum atomic E-state index is -2.82. The van der Waals surface area contributed by atoms with E-state index in [0.717, 1.165) is 16.9 Å². The molecule has 0 aliphatic rings. The van der Waals surface area contributed by atoms with Gasteiger partial charge >= 0.3 is 6.61 Å². The molecule has 8 heteroatoms. The Hall–Kier alpha value is -3.00. The minimum Gasteiger partial charge on any atom is -0.497 e. The largest absolute Gasteiger partial charge is 0.497 e. The third-order valence-corrected chi connectivity index (χ3v) is 3.82. The number of benzene rings is 2. The number of aromatic nitrogens is 2. The van der Waals surface area contributed by atoms with E-state index in [0.29, 0.717) is 24.8 Å². The molecule has 3 rings (SSSR count). The Labute approximate surface area is 155 Å². The van der Waals surface area contributed by atoms with Crippen LogP contribution in [0.2, 0.25) is 0 Å². The van der Waals surface area contributed by atoms with E-state index in [2.05, 4.69) is 14.9 Å². The summed E-state index contributed by atoms with van der Waals surface area (Å²) >= 11 is 0. The third-order valence-electron chi connectivity index (χ3n) is 3.82. The molecule has 27 heavy (non-hydrogen) atoms. The summed E-state index contributed by atoms with van der Waals surface area (Å²) < 4.78 is 39.1. The maximum absolute atomic E-state index is 12.2. The SMILES string of the molecule is COc1ccc(-c2nc(CN(C)Cc3ccc(OC(F)F)cc3)no2)cc1. The van der Waals surface area contributed by atoms with Crippen molar-refractivity contribution in [2.45, 2.75) is 19.7 Å². The standard InChI is InChI=1S/C19H19F2N3O3/c1-24(11-13-3-7-16(8-4-13)26-19(20)21)12-17-22-18(27-23-17)14-5-9-15(25-2)10-6-14/h3-10,19H,11-12H2,1-2H3. The summed E-state index contributed by atoms with van der Waals surface area (Å²) in [6.45, 7) is -1.74. The van der Waals surface area contributed by atoms with Crippen LogP contribution in [0.4, 0.5) is 8.78 Å². The zero-order valence-electron chi connectivity index (χ0n) is 14.9. The summed E-state index contributed by atoms with van der Waals surface area (Å²) in [4.78, 5) is 6.39. The smallest absolute Gasteiger partial charge is 0.387 e. The van der Waals surface area contributed by atoms with Crippen LogP contribution < -0.4 is 9.47 Å². The molecule has 1 aromatic heterocycles. The number of hydrogen-bond acceptors (Lipinski definition) is 6. The second-order valence-corrected chi connectivity index (χ2v) is 5.94. The van der Waals surface area contributed by atoms with Crippen molar-refractivity contribution in [3.63, 3.8) is 0 Å². The molecule has 0 fully saturated rings. The summed E-state index contributed by atoms with van der Waals surface area (Å²) in [6, 6.07) is 13.9. The molecule has 0 atom stereocenters. The predicted molar refractivity (Wildman–Crippen MR) is 94.5 cm³/mol. The lowest BCUT2D eigenvalue weighted by atomic mass is 10.2. The van der Waals surface area contributed by atoms with Crippen LogP contribution in [0.25, 0.3) is 11.5 Å². The van der Waals surface area contributed by atoms with Crippen molar-refractivity contribution in [3.8, 4) is 23.0 Å². The Balaban J connectivity index is 1.57. The van der Waals surface area contributed by atoms with Crippen LogP contribution in [0.1, 0.15) is 11.4 Å². The average molecular weight is 375 g/mol. The number of rotatable bonds is 8. The summed E-state index contributed by atoms with van der Waals surface area (Å²) in [7, 11) is 3.52. The Morgan fingerprint density at radius 1 is 1.00 bits per heavy atom. The highest BCUT2D eigenvalue weighted by Crippen LogP contribution is 2.21. The topological polar surface area (TPSA) is 60.6 Å². The average Bonchev–Trinajstić information content (AvgIpc) is 3.11.